The largest absolute Gasteiger partial charge is 3.00 e. The first-order chi connectivity index (χ1) is 4.11. The molecular formula is C7H10Cl4SiTi. The first-order valence-corrected chi connectivity index (χ1v) is 7.03. The molecule has 1 aliphatic carbocycles. The monoisotopic (exact) mass is 310 g/mol. The van der Waals surface area contributed by atoms with E-state index in [1.165, 1.54) is 5.20 Å². The fourth-order valence-corrected chi connectivity index (χ4v) is 2.13. The van der Waals surface area contributed by atoms with E-state index in [4.69, 9.17) is 11.1 Å². The number of hydrogen-bond donors (Lipinski definition) is 0. The smallest absolute Gasteiger partial charge is 1.00 e. The van der Waals surface area contributed by atoms with E-state index in [2.05, 4.69) is 25.6 Å². The zero-order chi connectivity index (χ0) is 6.91. The van der Waals surface area contributed by atoms with Crippen LogP contribution in [0.1, 0.15) is 0 Å². The molecule has 0 N–H and O–H groups in total. The van der Waals surface area contributed by atoms with Gasteiger partial charge in [-0.1, -0.05) is 36.5 Å². The van der Waals surface area contributed by atoms with Gasteiger partial charge >= 0.3 is 21.7 Å². The van der Waals surface area contributed by atoms with Gasteiger partial charge in [-0.3, -0.25) is 0 Å². The molecule has 0 unspecified atom stereocenters. The third-order valence-corrected chi connectivity index (χ3v) is 3.71. The minimum absolute atomic E-state index is 0. The van der Waals surface area contributed by atoms with Crippen molar-refractivity contribution in [1.82, 2.24) is 0 Å². The van der Waals surface area contributed by atoms with Crippen LogP contribution in [0.4, 0.5) is 0 Å². The van der Waals surface area contributed by atoms with E-state index in [0.29, 0.717) is 0 Å². The summed E-state index contributed by atoms with van der Waals surface area (Å²) in [6.07, 6.45) is 8.26. The van der Waals surface area contributed by atoms with Gasteiger partial charge in [0.25, 0.3) is 0 Å². The predicted octanol–water partition coefficient (Wildman–Crippen LogP) is -6.32. The van der Waals surface area contributed by atoms with E-state index in [1.807, 2.05) is 12.2 Å². The third-order valence-electron chi connectivity index (χ3n) is 1.35. The Morgan fingerprint density at radius 2 is 1.54 bits per heavy atom. The summed E-state index contributed by atoms with van der Waals surface area (Å²) in [5.74, 6) is 0. The molecule has 1 aliphatic rings. The molecule has 0 saturated heterocycles. The van der Waals surface area contributed by atoms with Crippen molar-refractivity contribution >= 4 is 18.5 Å². The van der Waals surface area contributed by atoms with E-state index >= 15 is 0 Å². The predicted molar refractivity (Wildman–Crippen MR) is 44.9 cm³/mol. The topological polar surface area (TPSA) is 0 Å². The van der Waals surface area contributed by atoms with Gasteiger partial charge < -0.3 is 37.2 Å². The fraction of sp³-hybridized carbons (Fsp3) is 0.286. The van der Waals surface area contributed by atoms with Gasteiger partial charge in [-0.2, -0.15) is 11.1 Å². The Bertz CT molecular complexity index is 174. The molecule has 0 saturated carbocycles. The zero-order valence-electron chi connectivity index (χ0n) is 7.32. The van der Waals surface area contributed by atoms with Crippen LogP contribution in [-0.4, -0.2) is 7.38 Å². The van der Waals surface area contributed by atoms with Crippen molar-refractivity contribution in [3.05, 3.63) is 29.8 Å². The van der Waals surface area contributed by atoms with Crippen molar-refractivity contribution in [2.75, 3.05) is 0 Å². The molecule has 0 amide bonds. The number of allylic oxidation sites excluding steroid dienone is 4. The molecule has 0 nitrogen and oxygen atoms in total. The molecule has 74 valence electrons. The summed E-state index contributed by atoms with van der Waals surface area (Å²) >= 11 is 6.14. The Hall–Kier alpha value is 1.57. The first-order valence-electron chi connectivity index (χ1n) is 3.02. The minimum Gasteiger partial charge on any atom is -1.00 e. The number of hydrogen-bond acceptors (Lipinski definition) is 0. The molecule has 0 atom stereocenters. The molecule has 0 fully saturated rings. The zero-order valence-corrected chi connectivity index (χ0v) is 12.9. The van der Waals surface area contributed by atoms with Crippen molar-refractivity contribution < 1.29 is 58.9 Å². The Morgan fingerprint density at radius 3 is 1.69 bits per heavy atom. The van der Waals surface area contributed by atoms with E-state index in [1.54, 1.807) is 0 Å². The Morgan fingerprint density at radius 1 is 1.08 bits per heavy atom. The quantitative estimate of drug-likeness (QED) is 0.334. The van der Waals surface area contributed by atoms with Gasteiger partial charge in [-0.05, 0) is 0 Å². The maximum atomic E-state index is 6.14. The summed E-state index contributed by atoms with van der Waals surface area (Å²) in [5.41, 5.74) is 0. The van der Waals surface area contributed by atoms with Gasteiger partial charge in [0, 0.05) is 6.42 Å². The number of halogens is 4. The van der Waals surface area contributed by atoms with Crippen molar-refractivity contribution in [3.8, 4) is 0 Å². The van der Waals surface area contributed by atoms with Crippen LogP contribution in [0.2, 0.25) is 13.1 Å². The number of rotatable bonds is 1. The summed E-state index contributed by atoms with van der Waals surface area (Å²) in [5, 5.41) is 1.32. The van der Waals surface area contributed by atoms with Gasteiger partial charge in [-0.15, -0.1) is 0 Å². The molecule has 2 radical (unpaired) electrons. The second-order valence-electron chi connectivity index (χ2n) is 2.65. The maximum absolute atomic E-state index is 6.14. The van der Waals surface area contributed by atoms with Crippen molar-refractivity contribution in [2.24, 2.45) is 0 Å². The van der Waals surface area contributed by atoms with Gasteiger partial charge in [0.15, 0.2) is 7.38 Å². The summed E-state index contributed by atoms with van der Waals surface area (Å²) < 4.78 is 0. The molecule has 0 bridgehead atoms. The van der Waals surface area contributed by atoms with Crippen molar-refractivity contribution in [3.63, 3.8) is 0 Å². The van der Waals surface area contributed by atoms with Gasteiger partial charge in [0.2, 0.25) is 0 Å². The van der Waals surface area contributed by atoms with Crippen molar-refractivity contribution in [1.29, 1.82) is 0 Å². The maximum Gasteiger partial charge on any atom is 3.00 e. The molecule has 0 aliphatic heterocycles. The van der Waals surface area contributed by atoms with Crippen LogP contribution in [0, 0.1) is 6.42 Å². The molecule has 0 aromatic carbocycles. The summed E-state index contributed by atoms with van der Waals surface area (Å²) in [6.45, 7) is 4.26. The normalized spacial score (nSPS) is 12.7. The van der Waals surface area contributed by atoms with Gasteiger partial charge in [-0.25, -0.2) is 0 Å². The molecule has 0 aromatic rings. The second kappa shape index (κ2) is 10.1. The average molecular weight is 312 g/mol. The minimum atomic E-state index is -1.51. The molecule has 0 heterocycles. The third kappa shape index (κ3) is 8.56. The van der Waals surface area contributed by atoms with E-state index in [9.17, 15) is 0 Å². The van der Waals surface area contributed by atoms with E-state index < -0.39 is 7.38 Å². The standard InChI is InChI=1S/C7H10ClSi.3ClH.Ti/c1-9(2,8)7-5-3-4-6-7;;;;/h3-6H,1-2H3;3*1H;/q;;;;+3/p-3. The van der Waals surface area contributed by atoms with Crippen LogP contribution in [0.25, 0.3) is 0 Å². The molecule has 1 rings (SSSR count). The summed E-state index contributed by atoms with van der Waals surface area (Å²) in [7, 11) is -1.51. The van der Waals surface area contributed by atoms with Crippen molar-refractivity contribution in [2.45, 2.75) is 13.1 Å². The van der Waals surface area contributed by atoms with Crippen LogP contribution in [0.5, 0.6) is 0 Å². The van der Waals surface area contributed by atoms with E-state index in [-0.39, 0.29) is 58.9 Å². The summed E-state index contributed by atoms with van der Waals surface area (Å²) in [4.78, 5) is 0. The van der Waals surface area contributed by atoms with Crippen LogP contribution < -0.4 is 37.2 Å². The molecule has 13 heavy (non-hydrogen) atoms. The first kappa shape index (κ1) is 24.0. The average Bonchev–Trinajstić information content (AvgIpc) is 2.08. The van der Waals surface area contributed by atoms with Crippen LogP contribution in [-0.2, 0) is 21.7 Å². The Labute approximate surface area is 119 Å². The van der Waals surface area contributed by atoms with Crippen LogP contribution >= 0.6 is 11.1 Å². The molecule has 0 aromatic heterocycles. The summed E-state index contributed by atoms with van der Waals surface area (Å²) in [6, 6.07) is 0. The Balaban J connectivity index is -0.000000101. The van der Waals surface area contributed by atoms with Gasteiger partial charge in [0.1, 0.15) is 0 Å². The fourth-order valence-electron chi connectivity index (χ4n) is 0.770. The van der Waals surface area contributed by atoms with E-state index in [0.717, 1.165) is 0 Å². The van der Waals surface area contributed by atoms with Crippen LogP contribution in [0.3, 0.4) is 0 Å². The van der Waals surface area contributed by atoms with Gasteiger partial charge in [0.05, 0.1) is 0 Å². The molecule has 6 heteroatoms. The molecule has 0 spiro atoms. The molecular weight excluding hydrogens is 302 g/mol. The second-order valence-corrected chi connectivity index (χ2v) is 9.00. The SMILES string of the molecule is C[Si](C)(Cl)C1=CC=C[CH]1.[Cl-].[Cl-].[Cl-].[Ti+3]. The Kier molecular flexibility index (Phi) is 18.7. The van der Waals surface area contributed by atoms with Crippen LogP contribution in [0.15, 0.2) is 23.4 Å².